The molecule has 1 unspecified atom stereocenters. The molecule has 0 saturated carbocycles. The van der Waals surface area contributed by atoms with Crippen LogP contribution in [0.1, 0.15) is 39.2 Å². The summed E-state index contributed by atoms with van der Waals surface area (Å²) in [5.41, 5.74) is 1.26. The molecule has 0 aliphatic carbocycles. The highest BCUT2D eigenvalue weighted by molar-refractivity contribution is 7.98. The molecule has 21 heavy (non-hydrogen) atoms. The summed E-state index contributed by atoms with van der Waals surface area (Å²) in [7, 11) is 3.35. The van der Waals surface area contributed by atoms with E-state index in [1.165, 1.54) is 23.3 Å². The predicted molar refractivity (Wildman–Crippen MR) is 91.7 cm³/mol. The predicted octanol–water partition coefficient (Wildman–Crippen LogP) is 4.34. The average Bonchev–Trinajstić information content (AvgIpc) is 2.49. The van der Waals surface area contributed by atoms with Gasteiger partial charge in [0.2, 0.25) is 0 Å². The second-order valence-electron chi connectivity index (χ2n) is 5.77. The van der Waals surface area contributed by atoms with Crippen LogP contribution >= 0.6 is 11.8 Å². The summed E-state index contributed by atoms with van der Waals surface area (Å²) in [6, 6.07) is 4.65. The van der Waals surface area contributed by atoms with E-state index in [1.54, 1.807) is 26.0 Å². The molecule has 0 radical (unpaired) electrons. The van der Waals surface area contributed by atoms with Crippen LogP contribution in [0.15, 0.2) is 17.0 Å². The van der Waals surface area contributed by atoms with Gasteiger partial charge in [0.05, 0.1) is 14.2 Å². The van der Waals surface area contributed by atoms with Crippen LogP contribution in [0.3, 0.4) is 0 Å². The highest BCUT2D eigenvalue weighted by Gasteiger charge is 2.11. The molecule has 0 spiro atoms. The molecule has 0 aliphatic rings. The molecule has 0 aliphatic heterocycles. The summed E-state index contributed by atoms with van der Waals surface area (Å²) in [6.07, 6.45) is 4.56. The summed E-state index contributed by atoms with van der Waals surface area (Å²) in [4.78, 5) is 1.23. The molecule has 0 heterocycles. The second kappa shape index (κ2) is 9.21. The van der Waals surface area contributed by atoms with Crippen molar-refractivity contribution in [3.05, 3.63) is 17.7 Å². The molecule has 4 heteroatoms. The van der Waals surface area contributed by atoms with Gasteiger partial charge in [0.25, 0.3) is 0 Å². The number of hydrogen-bond donors (Lipinski definition) is 1. The first-order valence-electron chi connectivity index (χ1n) is 7.54. The zero-order valence-corrected chi connectivity index (χ0v) is 15.0. The maximum Gasteiger partial charge on any atom is 0.161 e. The Morgan fingerprint density at radius 1 is 1.05 bits per heavy atom. The first-order chi connectivity index (χ1) is 10.0. The van der Waals surface area contributed by atoms with Crippen molar-refractivity contribution in [3.63, 3.8) is 0 Å². The van der Waals surface area contributed by atoms with Gasteiger partial charge >= 0.3 is 0 Å². The Morgan fingerprint density at radius 3 is 2.19 bits per heavy atom. The maximum atomic E-state index is 5.40. The minimum Gasteiger partial charge on any atom is -0.493 e. The molecule has 1 atom stereocenters. The van der Waals surface area contributed by atoms with Crippen LogP contribution in [0, 0.1) is 5.92 Å². The van der Waals surface area contributed by atoms with Gasteiger partial charge in [-0.1, -0.05) is 13.8 Å². The zero-order chi connectivity index (χ0) is 15.8. The fourth-order valence-corrected chi connectivity index (χ4v) is 2.82. The first kappa shape index (κ1) is 18.2. The smallest absolute Gasteiger partial charge is 0.161 e. The van der Waals surface area contributed by atoms with Gasteiger partial charge in [0.1, 0.15) is 0 Å². The highest BCUT2D eigenvalue weighted by atomic mass is 32.2. The van der Waals surface area contributed by atoms with Crippen molar-refractivity contribution in [2.45, 2.75) is 51.1 Å². The summed E-state index contributed by atoms with van der Waals surface area (Å²) in [5, 5.41) is 3.61. The molecule has 1 N–H and O–H groups in total. The van der Waals surface area contributed by atoms with Crippen LogP contribution < -0.4 is 14.8 Å². The summed E-state index contributed by atoms with van der Waals surface area (Å²) in [6.45, 7) is 7.65. The topological polar surface area (TPSA) is 30.5 Å². The number of methoxy groups -OCH3 is 2. The van der Waals surface area contributed by atoms with Crippen LogP contribution in [0.5, 0.6) is 11.5 Å². The molecule has 0 aromatic heterocycles. The third-order valence-corrected chi connectivity index (χ3v) is 4.42. The monoisotopic (exact) mass is 311 g/mol. The van der Waals surface area contributed by atoms with Crippen LogP contribution in [-0.4, -0.2) is 26.5 Å². The van der Waals surface area contributed by atoms with E-state index in [9.17, 15) is 0 Å². The van der Waals surface area contributed by atoms with E-state index >= 15 is 0 Å². The lowest BCUT2D eigenvalue weighted by Crippen LogP contribution is -2.26. The number of benzene rings is 1. The number of thioether (sulfide) groups is 1. The summed E-state index contributed by atoms with van der Waals surface area (Å²) in [5.74, 6) is 2.34. The SMILES string of the molecule is COc1cc(CNC(C)CCC(C)C)c(SC)cc1OC. The minimum atomic E-state index is 0.523. The molecule has 0 saturated heterocycles. The Hall–Kier alpha value is -0.870. The molecular formula is C17H29NO2S. The van der Waals surface area contributed by atoms with Gasteiger partial charge in [-0.2, -0.15) is 0 Å². The van der Waals surface area contributed by atoms with Crippen molar-refractivity contribution < 1.29 is 9.47 Å². The van der Waals surface area contributed by atoms with Gasteiger partial charge in [-0.05, 0) is 49.6 Å². The minimum absolute atomic E-state index is 0.523. The molecule has 120 valence electrons. The van der Waals surface area contributed by atoms with Gasteiger partial charge in [-0.25, -0.2) is 0 Å². The molecule has 0 fully saturated rings. The van der Waals surface area contributed by atoms with Gasteiger partial charge in [0, 0.05) is 17.5 Å². The van der Waals surface area contributed by atoms with Crippen molar-refractivity contribution in [1.82, 2.24) is 5.32 Å². The number of nitrogens with one attached hydrogen (secondary N) is 1. The fraction of sp³-hybridized carbons (Fsp3) is 0.647. The average molecular weight is 311 g/mol. The summed E-state index contributed by atoms with van der Waals surface area (Å²) < 4.78 is 10.8. The number of ether oxygens (including phenoxy) is 2. The fourth-order valence-electron chi connectivity index (χ4n) is 2.20. The van der Waals surface area contributed by atoms with Crippen molar-refractivity contribution in [1.29, 1.82) is 0 Å². The van der Waals surface area contributed by atoms with E-state index in [0.717, 1.165) is 24.0 Å². The van der Waals surface area contributed by atoms with E-state index in [4.69, 9.17) is 9.47 Å². The van der Waals surface area contributed by atoms with Crippen LogP contribution in [0.2, 0.25) is 0 Å². The van der Waals surface area contributed by atoms with Crippen LogP contribution in [0.4, 0.5) is 0 Å². The molecular weight excluding hydrogens is 282 g/mol. The Balaban J connectivity index is 2.73. The van der Waals surface area contributed by atoms with Gasteiger partial charge in [0.15, 0.2) is 11.5 Å². The molecule has 0 bridgehead atoms. The molecule has 1 aromatic rings. The van der Waals surface area contributed by atoms with Gasteiger partial charge in [-0.3, -0.25) is 0 Å². The molecule has 3 nitrogen and oxygen atoms in total. The van der Waals surface area contributed by atoms with E-state index in [2.05, 4.69) is 44.5 Å². The zero-order valence-electron chi connectivity index (χ0n) is 14.2. The van der Waals surface area contributed by atoms with Crippen molar-refractivity contribution in [3.8, 4) is 11.5 Å². The lowest BCUT2D eigenvalue weighted by Gasteiger charge is -2.18. The van der Waals surface area contributed by atoms with Crippen LogP contribution in [-0.2, 0) is 6.54 Å². The lowest BCUT2D eigenvalue weighted by atomic mass is 10.0. The van der Waals surface area contributed by atoms with Gasteiger partial charge in [-0.15, -0.1) is 11.8 Å². The Kier molecular flexibility index (Phi) is 7.97. The summed E-state index contributed by atoms with van der Waals surface area (Å²) >= 11 is 1.74. The molecule has 0 amide bonds. The highest BCUT2D eigenvalue weighted by Crippen LogP contribution is 2.34. The number of hydrogen-bond acceptors (Lipinski definition) is 4. The normalized spacial score (nSPS) is 12.5. The van der Waals surface area contributed by atoms with Crippen molar-refractivity contribution in [2.24, 2.45) is 5.92 Å². The van der Waals surface area contributed by atoms with E-state index in [1.807, 2.05) is 0 Å². The van der Waals surface area contributed by atoms with E-state index in [-0.39, 0.29) is 0 Å². The van der Waals surface area contributed by atoms with Crippen molar-refractivity contribution in [2.75, 3.05) is 20.5 Å². The second-order valence-corrected chi connectivity index (χ2v) is 6.62. The molecule has 1 rings (SSSR count). The Morgan fingerprint density at radius 2 is 1.67 bits per heavy atom. The van der Waals surface area contributed by atoms with E-state index < -0.39 is 0 Å². The standard InChI is InChI=1S/C17H29NO2S/c1-12(2)7-8-13(3)18-11-14-9-15(19-4)16(20-5)10-17(14)21-6/h9-10,12-13,18H,7-8,11H2,1-6H3. The van der Waals surface area contributed by atoms with Crippen LogP contribution in [0.25, 0.3) is 0 Å². The van der Waals surface area contributed by atoms with Crippen molar-refractivity contribution >= 4 is 11.8 Å². The Bertz CT molecular complexity index is 435. The van der Waals surface area contributed by atoms with E-state index in [0.29, 0.717) is 6.04 Å². The third-order valence-electron chi connectivity index (χ3n) is 3.60. The third kappa shape index (κ3) is 5.79. The Labute approximate surface area is 133 Å². The van der Waals surface area contributed by atoms with Gasteiger partial charge < -0.3 is 14.8 Å². The first-order valence-corrected chi connectivity index (χ1v) is 8.76. The largest absolute Gasteiger partial charge is 0.493 e. The quantitative estimate of drug-likeness (QED) is 0.687. The number of rotatable bonds is 9. The molecule has 1 aromatic carbocycles. The maximum absolute atomic E-state index is 5.40. The lowest BCUT2D eigenvalue weighted by molar-refractivity contribution is 0.353.